The predicted octanol–water partition coefficient (Wildman–Crippen LogP) is 7.25. The molecule has 2 heteroatoms. The number of halogens is 2. The van der Waals surface area contributed by atoms with E-state index in [-0.39, 0.29) is 0 Å². The molecule has 1 fully saturated rings. The van der Waals surface area contributed by atoms with E-state index < -0.39 is 0 Å². The molecule has 112 valence electrons. The SMILES string of the molecule is Brc1ccccc1C=C1CCC(=Cc2ccccc2Br)CC1. The van der Waals surface area contributed by atoms with Crippen LogP contribution in [0.15, 0.2) is 68.6 Å². The Balaban J connectivity index is 1.71. The van der Waals surface area contributed by atoms with E-state index in [0.717, 1.165) is 25.7 Å². The second kappa shape index (κ2) is 7.43. The van der Waals surface area contributed by atoms with E-state index in [4.69, 9.17) is 0 Å². The maximum atomic E-state index is 3.63. The first-order valence-corrected chi connectivity index (χ1v) is 9.19. The van der Waals surface area contributed by atoms with E-state index in [2.05, 4.69) is 92.5 Å². The molecular formula is C20H18Br2. The lowest BCUT2D eigenvalue weighted by Crippen LogP contribution is -1.98. The van der Waals surface area contributed by atoms with Crippen molar-refractivity contribution in [3.05, 3.63) is 79.7 Å². The van der Waals surface area contributed by atoms with Crippen molar-refractivity contribution in [3.63, 3.8) is 0 Å². The fourth-order valence-electron chi connectivity index (χ4n) is 2.81. The van der Waals surface area contributed by atoms with Gasteiger partial charge in [0, 0.05) is 8.95 Å². The van der Waals surface area contributed by atoms with Gasteiger partial charge in [0.25, 0.3) is 0 Å². The summed E-state index contributed by atoms with van der Waals surface area (Å²) in [6.45, 7) is 0. The molecule has 22 heavy (non-hydrogen) atoms. The number of rotatable bonds is 2. The van der Waals surface area contributed by atoms with E-state index in [0.29, 0.717) is 0 Å². The van der Waals surface area contributed by atoms with Crippen LogP contribution in [0.2, 0.25) is 0 Å². The van der Waals surface area contributed by atoms with Gasteiger partial charge in [0.05, 0.1) is 0 Å². The van der Waals surface area contributed by atoms with Crippen molar-refractivity contribution in [1.82, 2.24) is 0 Å². The van der Waals surface area contributed by atoms with Crippen LogP contribution >= 0.6 is 31.9 Å². The van der Waals surface area contributed by atoms with Gasteiger partial charge in [-0.25, -0.2) is 0 Å². The molecule has 1 aliphatic rings. The number of hydrogen-bond donors (Lipinski definition) is 0. The molecule has 0 saturated heterocycles. The third-order valence-electron chi connectivity index (χ3n) is 4.06. The molecule has 0 atom stereocenters. The molecule has 0 radical (unpaired) electrons. The third-order valence-corrected chi connectivity index (χ3v) is 5.51. The van der Waals surface area contributed by atoms with Gasteiger partial charge >= 0.3 is 0 Å². The summed E-state index contributed by atoms with van der Waals surface area (Å²) in [6, 6.07) is 16.9. The summed E-state index contributed by atoms with van der Waals surface area (Å²) in [5.74, 6) is 0. The van der Waals surface area contributed by atoms with Gasteiger partial charge in [-0.15, -0.1) is 0 Å². The first kappa shape index (κ1) is 15.8. The Kier molecular flexibility index (Phi) is 5.32. The molecule has 0 N–H and O–H groups in total. The molecule has 3 rings (SSSR count). The zero-order valence-corrected chi connectivity index (χ0v) is 15.5. The predicted molar refractivity (Wildman–Crippen MR) is 103 cm³/mol. The van der Waals surface area contributed by atoms with Crippen molar-refractivity contribution < 1.29 is 0 Å². The summed E-state index contributed by atoms with van der Waals surface area (Å²) >= 11 is 7.25. The molecule has 0 heterocycles. The Morgan fingerprint density at radius 1 is 0.591 bits per heavy atom. The van der Waals surface area contributed by atoms with Crippen LogP contribution in [0.5, 0.6) is 0 Å². The average molecular weight is 418 g/mol. The third kappa shape index (κ3) is 3.99. The topological polar surface area (TPSA) is 0 Å². The van der Waals surface area contributed by atoms with Gasteiger partial charge in [-0.05, 0) is 48.9 Å². The Labute approximate surface area is 149 Å². The molecule has 2 aromatic carbocycles. The highest BCUT2D eigenvalue weighted by molar-refractivity contribution is 9.10. The fraction of sp³-hybridized carbons (Fsp3) is 0.200. The van der Waals surface area contributed by atoms with Gasteiger partial charge in [0.2, 0.25) is 0 Å². The maximum absolute atomic E-state index is 3.63. The molecule has 0 aromatic heterocycles. The zero-order chi connectivity index (χ0) is 15.4. The summed E-state index contributed by atoms with van der Waals surface area (Å²) < 4.78 is 2.36. The molecule has 0 unspecified atom stereocenters. The van der Waals surface area contributed by atoms with Gasteiger partial charge < -0.3 is 0 Å². The molecule has 1 saturated carbocycles. The Morgan fingerprint density at radius 3 is 1.32 bits per heavy atom. The first-order valence-electron chi connectivity index (χ1n) is 7.60. The smallest absolute Gasteiger partial charge is 0.0247 e. The van der Waals surface area contributed by atoms with E-state index in [1.807, 2.05) is 0 Å². The van der Waals surface area contributed by atoms with Crippen molar-refractivity contribution in [2.24, 2.45) is 0 Å². The lowest BCUT2D eigenvalue weighted by molar-refractivity contribution is 0.739. The second-order valence-corrected chi connectivity index (χ2v) is 7.36. The van der Waals surface area contributed by atoms with Crippen molar-refractivity contribution in [2.45, 2.75) is 25.7 Å². The van der Waals surface area contributed by atoms with Crippen LogP contribution in [-0.4, -0.2) is 0 Å². The minimum absolute atomic E-state index is 1.16. The van der Waals surface area contributed by atoms with E-state index in [1.54, 1.807) is 11.1 Å². The lowest BCUT2D eigenvalue weighted by atomic mass is 9.88. The average Bonchev–Trinajstić information content (AvgIpc) is 2.54. The van der Waals surface area contributed by atoms with Crippen LogP contribution in [0.25, 0.3) is 12.2 Å². The number of hydrogen-bond acceptors (Lipinski definition) is 0. The van der Waals surface area contributed by atoms with Gasteiger partial charge in [-0.3, -0.25) is 0 Å². The highest BCUT2D eigenvalue weighted by Gasteiger charge is 2.11. The van der Waals surface area contributed by atoms with Crippen LogP contribution in [0, 0.1) is 0 Å². The van der Waals surface area contributed by atoms with E-state index in [1.165, 1.54) is 20.1 Å². The summed E-state index contributed by atoms with van der Waals surface area (Å²) in [5, 5.41) is 0. The zero-order valence-electron chi connectivity index (χ0n) is 12.4. The normalized spacial score (nSPS) is 14.8. The van der Waals surface area contributed by atoms with Crippen molar-refractivity contribution in [3.8, 4) is 0 Å². The molecule has 0 bridgehead atoms. The molecular weight excluding hydrogens is 400 g/mol. The monoisotopic (exact) mass is 416 g/mol. The molecule has 0 nitrogen and oxygen atoms in total. The Morgan fingerprint density at radius 2 is 0.955 bits per heavy atom. The molecule has 1 aliphatic carbocycles. The van der Waals surface area contributed by atoms with Gasteiger partial charge in [-0.2, -0.15) is 0 Å². The molecule has 0 amide bonds. The largest absolute Gasteiger partial charge is 0.0689 e. The fourth-order valence-corrected chi connectivity index (χ4v) is 3.60. The van der Waals surface area contributed by atoms with Crippen molar-refractivity contribution in [2.75, 3.05) is 0 Å². The van der Waals surface area contributed by atoms with Gasteiger partial charge in [0.15, 0.2) is 0 Å². The first-order chi connectivity index (χ1) is 10.7. The number of allylic oxidation sites excluding steroid dienone is 2. The minimum atomic E-state index is 1.16. The summed E-state index contributed by atoms with van der Waals surface area (Å²) in [6.07, 6.45) is 9.35. The highest BCUT2D eigenvalue weighted by atomic mass is 79.9. The summed E-state index contributed by atoms with van der Waals surface area (Å²) in [5.41, 5.74) is 5.68. The van der Waals surface area contributed by atoms with Crippen molar-refractivity contribution >= 4 is 44.0 Å². The van der Waals surface area contributed by atoms with E-state index in [9.17, 15) is 0 Å². The quantitative estimate of drug-likeness (QED) is 0.482. The van der Waals surface area contributed by atoms with E-state index >= 15 is 0 Å². The molecule has 2 aromatic rings. The number of benzene rings is 2. The maximum Gasteiger partial charge on any atom is 0.0247 e. The lowest BCUT2D eigenvalue weighted by Gasteiger charge is -2.18. The van der Waals surface area contributed by atoms with Gasteiger partial charge in [-0.1, -0.05) is 91.6 Å². The van der Waals surface area contributed by atoms with Crippen LogP contribution < -0.4 is 0 Å². The Bertz CT molecular complexity index is 650. The van der Waals surface area contributed by atoms with Crippen LogP contribution in [0.3, 0.4) is 0 Å². The van der Waals surface area contributed by atoms with Crippen LogP contribution in [0.4, 0.5) is 0 Å². The molecule has 0 spiro atoms. The van der Waals surface area contributed by atoms with Crippen LogP contribution in [-0.2, 0) is 0 Å². The summed E-state index contributed by atoms with van der Waals surface area (Å²) in [7, 11) is 0. The standard InChI is InChI=1S/C20H18Br2/c21-19-7-3-1-5-17(19)13-15-9-11-16(12-10-15)14-18-6-2-4-8-20(18)22/h1-8,13-14H,9-12H2. The minimum Gasteiger partial charge on any atom is -0.0689 e. The van der Waals surface area contributed by atoms with Gasteiger partial charge in [0.1, 0.15) is 0 Å². The summed E-state index contributed by atoms with van der Waals surface area (Å²) in [4.78, 5) is 0. The highest BCUT2D eigenvalue weighted by Crippen LogP contribution is 2.32. The second-order valence-electron chi connectivity index (χ2n) is 5.65. The molecule has 0 aliphatic heterocycles. The van der Waals surface area contributed by atoms with Crippen molar-refractivity contribution in [1.29, 1.82) is 0 Å². The van der Waals surface area contributed by atoms with Crippen LogP contribution in [0.1, 0.15) is 36.8 Å². The Hall–Kier alpha value is -1.12.